The second kappa shape index (κ2) is 3.12. The van der Waals surface area contributed by atoms with Crippen molar-refractivity contribution >= 4 is 15.9 Å². The van der Waals surface area contributed by atoms with Gasteiger partial charge in [-0.15, -0.1) is 0 Å². The Hall–Kier alpha value is -0.410. The minimum atomic E-state index is -0.440. The molecule has 10 heavy (non-hydrogen) atoms. The molecule has 1 heterocycles. The van der Waals surface area contributed by atoms with Gasteiger partial charge in [0.1, 0.15) is 0 Å². The van der Waals surface area contributed by atoms with E-state index in [9.17, 15) is 0 Å². The van der Waals surface area contributed by atoms with Crippen molar-refractivity contribution in [2.24, 2.45) is 0 Å². The van der Waals surface area contributed by atoms with Crippen LogP contribution in [0.4, 0.5) is 0 Å². The summed E-state index contributed by atoms with van der Waals surface area (Å²) in [5, 5.41) is 9.09. The van der Waals surface area contributed by atoms with Crippen LogP contribution in [0.15, 0.2) is 22.9 Å². The van der Waals surface area contributed by atoms with Gasteiger partial charge in [-0.1, -0.05) is 0 Å². The first-order chi connectivity index (χ1) is 4.70. The Morgan fingerprint density at radius 3 is 2.70 bits per heavy atom. The summed E-state index contributed by atoms with van der Waals surface area (Å²) in [5.41, 5.74) is 0.828. The van der Waals surface area contributed by atoms with Crippen molar-refractivity contribution < 1.29 is 5.11 Å². The summed E-state index contributed by atoms with van der Waals surface area (Å²) in [4.78, 5) is 3.90. The number of aliphatic hydroxyl groups is 1. The van der Waals surface area contributed by atoms with Gasteiger partial charge in [0.2, 0.25) is 0 Å². The Morgan fingerprint density at radius 1 is 1.60 bits per heavy atom. The Kier molecular flexibility index (Phi) is 2.40. The molecule has 0 amide bonds. The van der Waals surface area contributed by atoms with E-state index in [2.05, 4.69) is 20.9 Å². The molecule has 1 N–H and O–H groups in total. The number of pyridine rings is 1. The molecule has 1 aromatic heterocycles. The summed E-state index contributed by atoms with van der Waals surface area (Å²) >= 11 is 3.26. The molecule has 0 saturated carbocycles. The van der Waals surface area contributed by atoms with E-state index in [0.717, 1.165) is 10.0 Å². The third-order valence-electron chi connectivity index (χ3n) is 1.21. The monoisotopic (exact) mass is 201 g/mol. The number of hydrogen-bond donors (Lipinski definition) is 1. The molecule has 0 aliphatic heterocycles. The van der Waals surface area contributed by atoms with E-state index in [1.165, 1.54) is 0 Å². The van der Waals surface area contributed by atoms with Crippen LogP contribution in [-0.4, -0.2) is 10.1 Å². The second-order valence-electron chi connectivity index (χ2n) is 2.11. The quantitative estimate of drug-likeness (QED) is 0.754. The van der Waals surface area contributed by atoms with E-state index in [0.29, 0.717) is 0 Å². The molecule has 0 aromatic carbocycles. The normalized spacial score (nSPS) is 13.1. The Bertz CT molecular complexity index is 225. The van der Waals surface area contributed by atoms with Crippen LogP contribution < -0.4 is 0 Å². The molecular formula is C7H8BrNO. The van der Waals surface area contributed by atoms with Gasteiger partial charge in [-0.2, -0.15) is 0 Å². The SMILES string of the molecule is C[C@H](O)c1cncc(Br)c1. The third kappa shape index (κ3) is 1.78. The first kappa shape index (κ1) is 7.69. The highest BCUT2D eigenvalue weighted by Gasteiger charge is 1.99. The molecule has 1 aromatic rings. The van der Waals surface area contributed by atoms with Crippen molar-refractivity contribution in [1.82, 2.24) is 4.98 Å². The molecule has 54 valence electrons. The average Bonchev–Trinajstić information content (AvgIpc) is 1.88. The van der Waals surface area contributed by atoms with Gasteiger partial charge in [0, 0.05) is 16.9 Å². The Balaban J connectivity index is 2.96. The van der Waals surface area contributed by atoms with Gasteiger partial charge < -0.3 is 5.11 Å². The molecule has 1 atom stereocenters. The molecule has 2 nitrogen and oxygen atoms in total. The number of aliphatic hydroxyl groups excluding tert-OH is 1. The van der Waals surface area contributed by atoms with Gasteiger partial charge in [-0.05, 0) is 34.5 Å². The van der Waals surface area contributed by atoms with Crippen molar-refractivity contribution in [3.8, 4) is 0 Å². The lowest BCUT2D eigenvalue weighted by molar-refractivity contribution is 0.199. The predicted molar refractivity (Wildman–Crippen MR) is 42.6 cm³/mol. The van der Waals surface area contributed by atoms with Crippen LogP contribution in [0.2, 0.25) is 0 Å². The molecule has 0 aliphatic rings. The highest BCUT2D eigenvalue weighted by Crippen LogP contribution is 2.15. The zero-order valence-electron chi connectivity index (χ0n) is 5.58. The van der Waals surface area contributed by atoms with Gasteiger partial charge in [-0.3, -0.25) is 4.98 Å². The Morgan fingerprint density at radius 2 is 2.30 bits per heavy atom. The lowest BCUT2D eigenvalue weighted by Crippen LogP contribution is -1.90. The van der Waals surface area contributed by atoms with Crippen molar-refractivity contribution in [1.29, 1.82) is 0 Å². The summed E-state index contributed by atoms with van der Waals surface area (Å²) in [5.74, 6) is 0. The molecule has 1 rings (SSSR count). The molecule has 0 bridgehead atoms. The van der Waals surface area contributed by atoms with E-state index >= 15 is 0 Å². The lowest BCUT2D eigenvalue weighted by atomic mass is 10.2. The number of aromatic nitrogens is 1. The van der Waals surface area contributed by atoms with Crippen LogP contribution in [0.3, 0.4) is 0 Å². The highest BCUT2D eigenvalue weighted by molar-refractivity contribution is 9.10. The van der Waals surface area contributed by atoms with Gasteiger partial charge in [0.05, 0.1) is 6.10 Å². The van der Waals surface area contributed by atoms with Gasteiger partial charge >= 0.3 is 0 Å². The minimum absolute atomic E-state index is 0.440. The molecule has 0 saturated heterocycles. The van der Waals surface area contributed by atoms with Crippen molar-refractivity contribution in [3.63, 3.8) is 0 Å². The van der Waals surface area contributed by atoms with E-state index < -0.39 is 6.10 Å². The number of nitrogens with zero attached hydrogens (tertiary/aromatic N) is 1. The fraction of sp³-hybridized carbons (Fsp3) is 0.286. The van der Waals surface area contributed by atoms with Gasteiger partial charge in [0.25, 0.3) is 0 Å². The first-order valence-electron chi connectivity index (χ1n) is 2.98. The van der Waals surface area contributed by atoms with Crippen LogP contribution in [0.5, 0.6) is 0 Å². The van der Waals surface area contributed by atoms with E-state index in [1.54, 1.807) is 19.3 Å². The smallest absolute Gasteiger partial charge is 0.0777 e. The summed E-state index contributed by atoms with van der Waals surface area (Å²) in [6.07, 6.45) is 2.89. The number of halogens is 1. The van der Waals surface area contributed by atoms with Crippen molar-refractivity contribution in [2.75, 3.05) is 0 Å². The maximum atomic E-state index is 9.09. The Labute approximate surface area is 68.0 Å². The summed E-state index contributed by atoms with van der Waals surface area (Å²) in [6.45, 7) is 1.71. The second-order valence-corrected chi connectivity index (χ2v) is 3.03. The van der Waals surface area contributed by atoms with Crippen LogP contribution in [0.1, 0.15) is 18.6 Å². The zero-order chi connectivity index (χ0) is 7.56. The highest BCUT2D eigenvalue weighted by atomic mass is 79.9. The number of hydrogen-bond acceptors (Lipinski definition) is 2. The molecular weight excluding hydrogens is 194 g/mol. The summed E-state index contributed by atoms with van der Waals surface area (Å²) < 4.78 is 0.894. The molecule has 0 aliphatic carbocycles. The maximum Gasteiger partial charge on any atom is 0.0777 e. The maximum absolute atomic E-state index is 9.09. The molecule has 0 radical (unpaired) electrons. The van der Waals surface area contributed by atoms with E-state index in [-0.39, 0.29) is 0 Å². The van der Waals surface area contributed by atoms with Crippen LogP contribution in [0, 0.1) is 0 Å². The minimum Gasteiger partial charge on any atom is -0.389 e. The van der Waals surface area contributed by atoms with Crippen LogP contribution in [0.25, 0.3) is 0 Å². The van der Waals surface area contributed by atoms with Crippen molar-refractivity contribution in [3.05, 3.63) is 28.5 Å². The first-order valence-corrected chi connectivity index (χ1v) is 3.78. The molecule has 0 spiro atoms. The summed E-state index contributed by atoms with van der Waals surface area (Å²) in [6, 6.07) is 1.84. The predicted octanol–water partition coefficient (Wildman–Crippen LogP) is 1.90. The third-order valence-corrected chi connectivity index (χ3v) is 1.64. The average molecular weight is 202 g/mol. The van der Waals surface area contributed by atoms with Gasteiger partial charge in [0.15, 0.2) is 0 Å². The molecule has 3 heteroatoms. The fourth-order valence-electron chi connectivity index (χ4n) is 0.657. The largest absolute Gasteiger partial charge is 0.389 e. The van der Waals surface area contributed by atoms with Gasteiger partial charge in [-0.25, -0.2) is 0 Å². The van der Waals surface area contributed by atoms with E-state index in [1.807, 2.05) is 6.07 Å². The standard InChI is InChI=1S/C7H8BrNO/c1-5(10)6-2-7(8)4-9-3-6/h2-5,10H,1H3/t5-/m0/s1. The van der Waals surface area contributed by atoms with Crippen LogP contribution in [-0.2, 0) is 0 Å². The fourth-order valence-corrected chi connectivity index (χ4v) is 1.04. The lowest BCUT2D eigenvalue weighted by Gasteiger charge is -2.02. The summed E-state index contributed by atoms with van der Waals surface area (Å²) in [7, 11) is 0. The van der Waals surface area contributed by atoms with Crippen molar-refractivity contribution in [2.45, 2.75) is 13.0 Å². The molecule has 0 unspecified atom stereocenters. The molecule has 0 fully saturated rings. The number of rotatable bonds is 1. The topological polar surface area (TPSA) is 33.1 Å². The van der Waals surface area contributed by atoms with E-state index in [4.69, 9.17) is 5.11 Å². The zero-order valence-corrected chi connectivity index (χ0v) is 7.17. The van der Waals surface area contributed by atoms with Crippen LogP contribution >= 0.6 is 15.9 Å².